The molecule has 1 heterocycles. The number of rotatable bonds is 6. The summed E-state index contributed by atoms with van der Waals surface area (Å²) in [5, 5.41) is 3.41. The highest BCUT2D eigenvalue weighted by molar-refractivity contribution is 5.79. The van der Waals surface area contributed by atoms with E-state index in [0.717, 1.165) is 56.5 Å². The third-order valence-electron chi connectivity index (χ3n) is 5.08. The fraction of sp³-hybridized carbons (Fsp3) is 0.650. The van der Waals surface area contributed by atoms with Crippen LogP contribution in [0.5, 0.6) is 0 Å². The van der Waals surface area contributed by atoms with Crippen LogP contribution in [0.25, 0.3) is 0 Å². The zero-order valence-electron chi connectivity index (χ0n) is 16.0. The Balaban J connectivity index is 1.87. The molecule has 0 radical (unpaired) electrons. The van der Waals surface area contributed by atoms with Crippen molar-refractivity contribution in [3.63, 3.8) is 0 Å². The van der Waals surface area contributed by atoms with E-state index < -0.39 is 0 Å². The molecule has 0 unspecified atom stereocenters. The topological polar surface area (TPSA) is 36.9 Å². The average molecular weight is 349 g/mol. The van der Waals surface area contributed by atoms with E-state index in [4.69, 9.17) is 4.74 Å². The van der Waals surface area contributed by atoms with Crippen LogP contribution in [0.4, 0.5) is 4.39 Å². The molecule has 1 aromatic rings. The lowest BCUT2D eigenvalue weighted by atomic mass is 9.84. The van der Waals surface area contributed by atoms with Gasteiger partial charge in [-0.15, -0.1) is 0 Å². The number of aliphatic imine (C=N–C) groups is 1. The number of guanidine groups is 1. The third-order valence-corrected chi connectivity index (χ3v) is 5.08. The molecule has 0 saturated carbocycles. The molecule has 1 N–H and O–H groups in total. The van der Waals surface area contributed by atoms with Crippen LogP contribution in [0.15, 0.2) is 29.3 Å². The molecule has 1 saturated heterocycles. The monoisotopic (exact) mass is 349 g/mol. The van der Waals surface area contributed by atoms with Crippen molar-refractivity contribution in [3.05, 3.63) is 35.6 Å². The number of hydrogen-bond acceptors (Lipinski definition) is 2. The van der Waals surface area contributed by atoms with Gasteiger partial charge >= 0.3 is 0 Å². The van der Waals surface area contributed by atoms with Crippen LogP contribution >= 0.6 is 0 Å². The Morgan fingerprint density at radius 3 is 2.64 bits per heavy atom. The van der Waals surface area contributed by atoms with Gasteiger partial charge in [0.2, 0.25) is 0 Å². The number of ether oxygens (including phenoxy) is 1. The number of nitrogens with zero attached hydrogens (tertiary/aromatic N) is 2. The summed E-state index contributed by atoms with van der Waals surface area (Å²) >= 11 is 0. The minimum absolute atomic E-state index is 0.155. The zero-order chi connectivity index (χ0) is 18.3. The van der Waals surface area contributed by atoms with Gasteiger partial charge in [-0.2, -0.15) is 0 Å². The third kappa shape index (κ3) is 5.70. The molecule has 0 bridgehead atoms. The van der Waals surface area contributed by atoms with Crippen LogP contribution in [-0.4, -0.2) is 51.3 Å². The molecule has 0 atom stereocenters. The Hall–Kier alpha value is -1.62. The molecule has 1 aliphatic heterocycles. The van der Waals surface area contributed by atoms with E-state index in [1.807, 2.05) is 26.0 Å². The van der Waals surface area contributed by atoms with Gasteiger partial charge in [0.15, 0.2) is 5.96 Å². The van der Waals surface area contributed by atoms with Crippen LogP contribution in [0.1, 0.15) is 38.7 Å². The highest BCUT2D eigenvalue weighted by atomic mass is 19.1. The number of nitrogens with one attached hydrogen (secondary N) is 1. The molecule has 0 aliphatic carbocycles. The minimum Gasteiger partial charge on any atom is -0.381 e. The van der Waals surface area contributed by atoms with Gasteiger partial charge in [0.05, 0.1) is 0 Å². The summed E-state index contributed by atoms with van der Waals surface area (Å²) in [5.74, 6) is 1.44. The second-order valence-electron chi connectivity index (χ2n) is 7.53. The summed E-state index contributed by atoms with van der Waals surface area (Å²) in [5.41, 5.74) is 0.408. The Morgan fingerprint density at radius 2 is 2.00 bits per heavy atom. The van der Waals surface area contributed by atoms with E-state index in [9.17, 15) is 4.39 Å². The first-order chi connectivity index (χ1) is 11.9. The molecule has 1 aromatic carbocycles. The minimum atomic E-state index is -0.317. The van der Waals surface area contributed by atoms with Crippen molar-refractivity contribution in [1.82, 2.24) is 10.2 Å². The maximum Gasteiger partial charge on any atom is 0.193 e. The lowest BCUT2D eigenvalue weighted by Gasteiger charge is -2.30. The molecule has 0 amide bonds. The molecule has 0 spiro atoms. The van der Waals surface area contributed by atoms with E-state index >= 15 is 0 Å². The molecule has 1 fully saturated rings. The van der Waals surface area contributed by atoms with Gasteiger partial charge in [-0.25, -0.2) is 4.39 Å². The van der Waals surface area contributed by atoms with Crippen LogP contribution in [0, 0.1) is 11.7 Å². The average Bonchev–Trinajstić information content (AvgIpc) is 2.61. The van der Waals surface area contributed by atoms with E-state index in [2.05, 4.69) is 22.3 Å². The quantitative estimate of drug-likeness (QED) is 0.631. The second kappa shape index (κ2) is 9.18. The van der Waals surface area contributed by atoms with Crippen molar-refractivity contribution < 1.29 is 9.13 Å². The van der Waals surface area contributed by atoms with Gasteiger partial charge in [0.1, 0.15) is 5.82 Å². The van der Waals surface area contributed by atoms with Gasteiger partial charge in [0.25, 0.3) is 0 Å². The molecule has 140 valence electrons. The first kappa shape index (κ1) is 19.7. The molecule has 2 rings (SSSR count). The van der Waals surface area contributed by atoms with Crippen molar-refractivity contribution in [2.24, 2.45) is 10.9 Å². The van der Waals surface area contributed by atoms with Crippen molar-refractivity contribution >= 4 is 5.96 Å². The molecule has 25 heavy (non-hydrogen) atoms. The summed E-state index contributed by atoms with van der Waals surface area (Å²) in [6.07, 6.45) is 3.46. The maximum atomic E-state index is 14.1. The molecule has 4 nitrogen and oxygen atoms in total. The maximum absolute atomic E-state index is 14.1. The molecule has 1 aliphatic rings. The Bertz CT molecular complexity index is 568. The predicted molar refractivity (Wildman–Crippen MR) is 102 cm³/mol. The SMILES string of the molecule is CN=C(NCC(C)(C)c1ccccc1F)N(C)CCC1CCOCC1. The van der Waals surface area contributed by atoms with Gasteiger partial charge < -0.3 is 15.0 Å². The van der Waals surface area contributed by atoms with Gasteiger partial charge in [-0.3, -0.25) is 4.99 Å². The van der Waals surface area contributed by atoms with E-state index in [0.29, 0.717) is 6.54 Å². The number of hydrogen-bond donors (Lipinski definition) is 1. The first-order valence-electron chi connectivity index (χ1n) is 9.18. The van der Waals surface area contributed by atoms with Crippen molar-refractivity contribution in [2.45, 2.75) is 38.5 Å². The number of benzene rings is 1. The predicted octanol–water partition coefficient (Wildman–Crippen LogP) is 3.43. The fourth-order valence-electron chi connectivity index (χ4n) is 3.31. The summed E-state index contributed by atoms with van der Waals surface area (Å²) < 4.78 is 19.5. The molecular formula is C20H32FN3O. The zero-order valence-corrected chi connectivity index (χ0v) is 16.0. The summed E-state index contributed by atoms with van der Waals surface area (Å²) in [6, 6.07) is 6.99. The van der Waals surface area contributed by atoms with Gasteiger partial charge in [0, 0.05) is 45.8 Å². The molecule has 5 heteroatoms. The standard InChI is InChI=1S/C20H32FN3O/c1-20(2,17-7-5-6-8-18(17)21)15-23-19(22-3)24(4)12-9-16-10-13-25-14-11-16/h5-8,16H,9-15H2,1-4H3,(H,22,23). The largest absolute Gasteiger partial charge is 0.381 e. The van der Waals surface area contributed by atoms with Crippen LogP contribution < -0.4 is 5.32 Å². The Morgan fingerprint density at radius 1 is 1.32 bits per heavy atom. The van der Waals surface area contributed by atoms with Crippen LogP contribution in [0.3, 0.4) is 0 Å². The van der Waals surface area contributed by atoms with Crippen molar-refractivity contribution in [3.8, 4) is 0 Å². The molecule has 0 aromatic heterocycles. The summed E-state index contributed by atoms with van der Waals surface area (Å²) in [6.45, 7) is 7.46. The van der Waals surface area contributed by atoms with E-state index in [1.54, 1.807) is 13.1 Å². The van der Waals surface area contributed by atoms with Crippen molar-refractivity contribution in [1.29, 1.82) is 0 Å². The lowest BCUT2D eigenvalue weighted by molar-refractivity contribution is 0.0625. The Labute approximate surface area is 151 Å². The summed E-state index contributed by atoms with van der Waals surface area (Å²) in [7, 11) is 3.86. The summed E-state index contributed by atoms with van der Waals surface area (Å²) in [4.78, 5) is 6.54. The lowest BCUT2D eigenvalue weighted by Crippen LogP contribution is -2.45. The smallest absolute Gasteiger partial charge is 0.193 e. The number of halogens is 1. The highest BCUT2D eigenvalue weighted by Gasteiger charge is 2.24. The van der Waals surface area contributed by atoms with Gasteiger partial charge in [-0.1, -0.05) is 32.0 Å². The van der Waals surface area contributed by atoms with Crippen LogP contribution in [-0.2, 0) is 10.2 Å². The van der Waals surface area contributed by atoms with Crippen molar-refractivity contribution in [2.75, 3.05) is 40.4 Å². The molecular weight excluding hydrogens is 317 g/mol. The van der Waals surface area contributed by atoms with E-state index in [1.165, 1.54) is 6.07 Å². The fourth-order valence-corrected chi connectivity index (χ4v) is 3.31. The highest BCUT2D eigenvalue weighted by Crippen LogP contribution is 2.25. The first-order valence-corrected chi connectivity index (χ1v) is 9.18. The normalized spacial score (nSPS) is 16.8. The van der Waals surface area contributed by atoms with Gasteiger partial charge in [-0.05, 0) is 36.8 Å². The second-order valence-corrected chi connectivity index (χ2v) is 7.53. The Kier molecular flexibility index (Phi) is 7.24. The van der Waals surface area contributed by atoms with Crippen LogP contribution in [0.2, 0.25) is 0 Å². The van der Waals surface area contributed by atoms with E-state index in [-0.39, 0.29) is 11.2 Å².